The van der Waals surface area contributed by atoms with Gasteiger partial charge >= 0.3 is 0 Å². The van der Waals surface area contributed by atoms with Crippen LogP contribution in [0, 0.1) is 17.1 Å². The first-order valence-electron chi connectivity index (χ1n) is 6.30. The van der Waals surface area contributed by atoms with Crippen LogP contribution in [0.25, 0.3) is 0 Å². The van der Waals surface area contributed by atoms with Crippen LogP contribution >= 0.6 is 0 Å². The maximum atomic E-state index is 13.6. The average molecular weight is 270 g/mol. The molecule has 0 unspecified atom stereocenters. The van der Waals surface area contributed by atoms with Gasteiger partial charge in [0.2, 0.25) is 0 Å². The van der Waals surface area contributed by atoms with Crippen molar-refractivity contribution >= 4 is 5.69 Å². The number of hydrogen-bond acceptors (Lipinski definition) is 3. The average Bonchev–Trinajstić information content (AvgIpc) is 2.48. The Morgan fingerprint density at radius 3 is 2.60 bits per heavy atom. The minimum Gasteiger partial charge on any atom is -0.490 e. The maximum Gasteiger partial charge on any atom is 0.146 e. The SMILES string of the molecule is CN(CCOc1ccccc1C#N)c1ccccc1F. The van der Waals surface area contributed by atoms with Gasteiger partial charge in [0.15, 0.2) is 0 Å². The minimum atomic E-state index is -0.257. The Morgan fingerprint density at radius 2 is 1.85 bits per heavy atom. The summed E-state index contributed by atoms with van der Waals surface area (Å²) >= 11 is 0. The predicted octanol–water partition coefficient (Wildman–Crippen LogP) is 3.21. The van der Waals surface area contributed by atoms with Gasteiger partial charge in [-0.3, -0.25) is 0 Å². The van der Waals surface area contributed by atoms with E-state index in [9.17, 15) is 4.39 Å². The Kier molecular flexibility index (Phi) is 4.56. The van der Waals surface area contributed by atoms with Crippen molar-refractivity contribution in [3.8, 4) is 11.8 Å². The van der Waals surface area contributed by atoms with Crippen LogP contribution < -0.4 is 9.64 Å². The van der Waals surface area contributed by atoms with E-state index >= 15 is 0 Å². The lowest BCUT2D eigenvalue weighted by atomic mass is 10.2. The summed E-state index contributed by atoms with van der Waals surface area (Å²) in [6.07, 6.45) is 0. The fourth-order valence-electron chi connectivity index (χ4n) is 1.86. The van der Waals surface area contributed by atoms with Crippen LogP contribution in [0.1, 0.15) is 5.56 Å². The molecule has 3 nitrogen and oxygen atoms in total. The fourth-order valence-corrected chi connectivity index (χ4v) is 1.86. The summed E-state index contributed by atoms with van der Waals surface area (Å²) in [5, 5.41) is 8.95. The van der Waals surface area contributed by atoms with E-state index in [1.165, 1.54) is 6.07 Å². The lowest BCUT2D eigenvalue weighted by molar-refractivity contribution is 0.324. The molecule has 20 heavy (non-hydrogen) atoms. The number of para-hydroxylation sites is 2. The van der Waals surface area contributed by atoms with Gasteiger partial charge in [-0.05, 0) is 24.3 Å². The van der Waals surface area contributed by atoms with Crippen molar-refractivity contribution in [2.24, 2.45) is 0 Å². The quantitative estimate of drug-likeness (QED) is 0.837. The van der Waals surface area contributed by atoms with E-state index in [0.717, 1.165) is 0 Å². The predicted molar refractivity (Wildman–Crippen MR) is 76.3 cm³/mol. The summed E-state index contributed by atoms with van der Waals surface area (Å²) in [5.41, 5.74) is 1.03. The van der Waals surface area contributed by atoms with E-state index in [2.05, 4.69) is 6.07 Å². The smallest absolute Gasteiger partial charge is 0.146 e. The maximum absolute atomic E-state index is 13.6. The van der Waals surface area contributed by atoms with Crippen molar-refractivity contribution < 1.29 is 9.13 Å². The third kappa shape index (κ3) is 3.27. The first-order chi connectivity index (χ1) is 9.72. The molecule has 0 N–H and O–H groups in total. The van der Waals surface area contributed by atoms with Crippen molar-refractivity contribution in [3.05, 3.63) is 59.9 Å². The van der Waals surface area contributed by atoms with Gasteiger partial charge in [0.05, 0.1) is 17.8 Å². The second kappa shape index (κ2) is 6.58. The van der Waals surface area contributed by atoms with Crippen LogP contribution in [0.15, 0.2) is 48.5 Å². The van der Waals surface area contributed by atoms with Gasteiger partial charge in [0.25, 0.3) is 0 Å². The lowest BCUT2D eigenvalue weighted by Gasteiger charge is -2.20. The zero-order valence-corrected chi connectivity index (χ0v) is 11.2. The van der Waals surface area contributed by atoms with Crippen molar-refractivity contribution in [1.29, 1.82) is 5.26 Å². The number of likely N-dealkylation sites (N-methyl/N-ethyl adjacent to an activating group) is 1. The van der Waals surface area contributed by atoms with E-state index in [1.54, 1.807) is 48.3 Å². The van der Waals surface area contributed by atoms with Crippen molar-refractivity contribution in [2.75, 3.05) is 25.1 Å². The molecule has 0 radical (unpaired) electrons. The summed E-state index contributed by atoms with van der Waals surface area (Å²) in [4.78, 5) is 1.78. The molecule has 102 valence electrons. The second-order valence-electron chi connectivity index (χ2n) is 4.33. The third-order valence-electron chi connectivity index (χ3n) is 2.96. The molecule has 2 aromatic carbocycles. The van der Waals surface area contributed by atoms with Crippen LogP contribution in [0.2, 0.25) is 0 Å². The Morgan fingerprint density at radius 1 is 1.15 bits per heavy atom. The number of anilines is 1. The van der Waals surface area contributed by atoms with E-state index in [-0.39, 0.29) is 5.82 Å². The number of benzene rings is 2. The Balaban J connectivity index is 1.93. The monoisotopic (exact) mass is 270 g/mol. The molecule has 0 heterocycles. The Bertz CT molecular complexity index is 622. The molecule has 2 rings (SSSR count). The molecule has 0 atom stereocenters. The first-order valence-corrected chi connectivity index (χ1v) is 6.30. The van der Waals surface area contributed by atoms with Gasteiger partial charge < -0.3 is 9.64 Å². The zero-order chi connectivity index (χ0) is 14.4. The highest BCUT2D eigenvalue weighted by Gasteiger charge is 2.07. The number of rotatable bonds is 5. The van der Waals surface area contributed by atoms with Crippen molar-refractivity contribution in [1.82, 2.24) is 0 Å². The van der Waals surface area contributed by atoms with E-state index < -0.39 is 0 Å². The molecule has 0 amide bonds. The van der Waals surface area contributed by atoms with Crippen LogP contribution in [-0.2, 0) is 0 Å². The Labute approximate surface area is 117 Å². The van der Waals surface area contributed by atoms with Gasteiger partial charge in [-0.1, -0.05) is 24.3 Å². The summed E-state index contributed by atoms with van der Waals surface area (Å²) < 4.78 is 19.2. The molecule has 0 aliphatic carbocycles. The molecule has 0 saturated carbocycles. The van der Waals surface area contributed by atoms with E-state index in [4.69, 9.17) is 10.00 Å². The number of ether oxygens (including phenoxy) is 1. The molecule has 0 saturated heterocycles. The molecule has 0 bridgehead atoms. The van der Waals surface area contributed by atoms with Gasteiger partial charge in [-0.25, -0.2) is 4.39 Å². The lowest BCUT2D eigenvalue weighted by Crippen LogP contribution is -2.24. The summed E-state index contributed by atoms with van der Waals surface area (Å²) in [5.74, 6) is 0.296. The topological polar surface area (TPSA) is 36.3 Å². The highest BCUT2D eigenvalue weighted by molar-refractivity contribution is 5.47. The standard InChI is InChI=1S/C16H15FN2O/c1-19(15-8-4-3-7-14(15)17)10-11-20-16-9-5-2-6-13(16)12-18/h2-9H,10-11H2,1H3. The van der Waals surface area contributed by atoms with Gasteiger partial charge in [0, 0.05) is 7.05 Å². The minimum absolute atomic E-state index is 0.257. The molecular weight excluding hydrogens is 255 g/mol. The van der Waals surface area contributed by atoms with Crippen LogP contribution in [0.4, 0.5) is 10.1 Å². The molecule has 2 aromatic rings. The van der Waals surface area contributed by atoms with Gasteiger partial charge in [0.1, 0.15) is 24.2 Å². The number of halogens is 1. The van der Waals surface area contributed by atoms with Crippen LogP contribution in [0.3, 0.4) is 0 Å². The second-order valence-corrected chi connectivity index (χ2v) is 4.33. The van der Waals surface area contributed by atoms with Gasteiger partial charge in [-0.2, -0.15) is 5.26 Å². The normalized spacial score (nSPS) is 9.85. The third-order valence-corrected chi connectivity index (χ3v) is 2.96. The first kappa shape index (κ1) is 13.9. The molecule has 4 heteroatoms. The van der Waals surface area contributed by atoms with Gasteiger partial charge in [-0.15, -0.1) is 0 Å². The molecule has 0 aliphatic rings. The highest BCUT2D eigenvalue weighted by atomic mass is 19.1. The van der Waals surface area contributed by atoms with E-state index in [1.807, 2.05) is 6.07 Å². The molecule has 0 aromatic heterocycles. The summed E-state index contributed by atoms with van der Waals surface area (Å²) in [6.45, 7) is 0.907. The summed E-state index contributed by atoms with van der Waals surface area (Å²) in [6, 6.07) is 15.7. The fraction of sp³-hybridized carbons (Fsp3) is 0.188. The zero-order valence-electron chi connectivity index (χ0n) is 11.2. The molecule has 0 spiro atoms. The van der Waals surface area contributed by atoms with Crippen LogP contribution in [-0.4, -0.2) is 20.2 Å². The Hall–Kier alpha value is -2.54. The number of nitrogens with zero attached hydrogens (tertiary/aromatic N) is 2. The largest absolute Gasteiger partial charge is 0.490 e. The molecular formula is C16H15FN2O. The van der Waals surface area contributed by atoms with Crippen molar-refractivity contribution in [3.63, 3.8) is 0 Å². The molecule has 0 aliphatic heterocycles. The van der Waals surface area contributed by atoms with E-state index in [0.29, 0.717) is 30.2 Å². The van der Waals surface area contributed by atoms with Crippen LogP contribution in [0.5, 0.6) is 5.75 Å². The highest BCUT2D eigenvalue weighted by Crippen LogP contribution is 2.18. The number of hydrogen-bond donors (Lipinski definition) is 0. The number of nitriles is 1. The molecule has 0 fully saturated rings. The summed E-state index contributed by atoms with van der Waals surface area (Å²) in [7, 11) is 1.80. The van der Waals surface area contributed by atoms with Crippen molar-refractivity contribution in [2.45, 2.75) is 0 Å².